The van der Waals surface area contributed by atoms with Crippen LogP contribution in [0, 0.1) is 6.92 Å². The lowest BCUT2D eigenvalue weighted by atomic mass is 10.0. The van der Waals surface area contributed by atoms with Crippen LogP contribution in [0.25, 0.3) is 5.57 Å². The van der Waals surface area contributed by atoms with Gasteiger partial charge < -0.3 is 10.1 Å². The Morgan fingerprint density at radius 1 is 0.909 bits per heavy atom. The van der Waals surface area contributed by atoms with Crippen LogP contribution in [0.3, 0.4) is 0 Å². The number of nitrogens with zero attached hydrogens (tertiary/aromatic N) is 1. The number of hydrogen-bond donors (Lipinski definition) is 1. The van der Waals surface area contributed by atoms with E-state index in [0.717, 1.165) is 16.2 Å². The number of aryl methyl sites for hydroxylation is 1. The van der Waals surface area contributed by atoms with E-state index in [1.54, 1.807) is 49.6 Å². The molecule has 1 aliphatic rings. The normalized spacial score (nSPS) is 13.8. The molecule has 4 rings (SSSR count). The minimum absolute atomic E-state index is 0.221. The highest BCUT2D eigenvalue weighted by atomic mass is 35.5. The number of carbonyl (C=O) groups excluding carboxylic acids is 2. The molecule has 1 N–H and O–H groups in total. The number of carbonyl (C=O) groups is 2. The molecule has 2 amide bonds. The maximum absolute atomic E-state index is 13.5. The number of halogens is 1. The average Bonchev–Trinajstić information content (AvgIpc) is 3.05. The molecule has 0 saturated carbocycles. The Bertz CT molecular complexity index is 1250. The zero-order valence-corrected chi connectivity index (χ0v) is 19.7. The first kappa shape index (κ1) is 22.6. The SMILES string of the molecule is COc1ccc(C2=C(Nc3ccc(C(C)C)cc3)C(=O)N(c3ccc(C)c(Cl)c3)C2=O)cc1. The standard InChI is InChI=1S/C27H25ClN2O3/c1-16(2)18-6-10-20(11-7-18)29-25-24(19-8-13-22(33-4)14-9-19)26(31)30(27(25)32)21-12-5-17(3)23(28)15-21/h5-16,29H,1-4H3. The summed E-state index contributed by atoms with van der Waals surface area (Å²) < 4.78 is 5.24. The molecule has 3 aromatic rings. The number of anilines is 2. The van der Waals surface area contributed by atoms with E-state index in [1.807, 2.05) is 31.2 Å². The van der Waals surface area contributed by atoms with Gasteiger partial charge in [-0.05, 0) is 65.9 Å². The molecule has 0 bridgehead atoms. The Labute approximate surface area is 198 Å². The second kappa shape index (κ2) is 9.12. The molecule has 0 saturated heterocycles. The lowest BCUT2D eigenvalue weighted by Crippen LogP contribution is -2.32. The highest BCUT2D eigenvalue weighted by Crippen LogP contribution is 2.35. The largest absolute Gasteiger partial charge is 0.497 e. The fraction of sp³-hybridized carbons (Fsp3) is 0.185. The molecule has 5 nitrogen and oxygen atoms in total. The van der Waals surface area contributed by atoms with Crippen molar-refractivity contribution in [2.45, 2.75) is 26.7 Å². The number of imide groups is 1. The van der Waals surface area contributed by atoms with Gasteiger partial charge in [-0.15, -0.1) is 0 Å². The lowest BCUT2D eigenvalue weighted by molar-refractivity contribution is -0.120. The third-order valence-corrected chi connectivity index (χ3v) is 6.13. The van der Waals surface area contributed by atoms with Crippen LogP contribution in [0.2, 0.25) is 5.02 Å². The molecule has 1 heterocycles. The topological polar surface area (TPSA) is 58.6 Å². The van der Waals surface area contributed by atoms with E-state index < -0.39 is 11.8 Å². The zero-order chi connectivity index (χ0) is 23.7. The third-order valence-electron chi connectivity index (χ3n) is 5.72. The Morgan fingerprint density at radius 2 is 1.58 bits per heavy atom. The van der Waals surface area contributed by atoms with Crippen molar-refractivity contribution in [2.24, 2.45) is 0 Å². The average molecular weight is 461 g/mol. The van der Waals surface area contributed by atoms with Gasteiger partial charge in [-0.2, -0.15) is 0 Å². The fourth-order valence-electron chi connectivity index (χ4n) is 3.72. The fourth-order valence-corrected chi connectivity index (χ4v) is 3.90. The molecule has 0 spiro atoms. The molecule has 0 radical (unpaired) electrons. The quantitative estimate of drug-likeness (QED) is 0.446. The van der Waals surface area contributed by atoms with Crippen molar-refractivity contribution in [3.63, 3.8) is 0 Å². The number of hydrogen-bond acceptors (Lipinski definition) is 4. The second-order valence-electron chi connectivity index (χ2n) is 8.26. The number of benzene rings is 3. The lowest BCUT2D eigenvalue weighted by Gasteiger charge is -2.16. The first-order chi connectivity index (χ1) is 15.8. The van der Waals surface area contributed by atoms with Gasteiger partial charge in [0, 0.05) is 10.7 Å². The number of rotatable bonds is 6. The Kier molecular flexibility index (Phi) is 6.25. The van der Waals surface area contributed by atoms with Gasteiger partial charge in [0.25, 0.3) is 11.8 Å². The molecule has 0 aromatic heterocycles. The summed E-state index contributed by atoms with van der Waals surface area (Å²) >= 11 is 6.29. The molecule has 33 heavy (non-hydrogen) atoms. The van der Waals surface area contributed by atoms with E-state index >= 15 is 0 Å². The van der Waals surface area contributed by atoms with Gasteiger partial charge >= 0.3 is 0 Å². The maximum Gasteiger partial charge on any atom is 0.282 e. The van der Waals surface area contributed by atoms with Crippen LogP contribution in [0.1, 0.15) is 36.5 Å². The summed E-state index contributed by atoms with van der Waals surface area (Å²) in [5.41, 5.74) is 4.35. The molecule has 0 atom stereocenters. The van der Waals surface area contributed by atoms with Crippen molar-refractivity contribution < 1.29 is 14.3 Å². The van der Waals surface area contributed by atoms with Crippen molar-refractivity contribution in [3.8, 4) is 5.75 Å². The van der Waals surface area contributed by atoms with E-state index in [9.17, 15) is 9.59 Å². The van der Waals surface area contributed by atoms with E-state index in [-0.39, 0.29) is 5.70 Å². The number of ether oxygens (including phenoxy) is 1. The van der Waals surface area contributed by atoms with Crippen LogP contribution in [0.5, 0.6) is 5.75 Å². The van der Waals surface area contributed by atoms with E-state index in [2.05, 4.69) is 19.2 Å². The number of methoxy groups -OCH3 is 1. The summed E-state index contributed by atoms with van der Waals surface area (Å²) in [4.78, 5) is 28.2. The van der Waals surface area contributed by atoms with Crippen molar-refractivity contribution in [2.75, 3.05) is 17.3 Å². The van der Waals surface area contributed by atoms with Gasteiger partial charge in [0.05, 0.1) is 18.4 Å². The van der Waals surface area contributed by atoms with Gasteiger partial charge in [0.15, 0.2) is 0 Å². The molecule has 0 fully saturated rings. The van der Waals surface area contributed by atoms with Gasteiger partial charge in [-0.1, -0.05) is 55.8 Å². The Morgan fingerprint density at radius 3 is 2.15 bits per heavy atom. The minimum atomic E-state index is -0.432. The third kappa shape index (κ3) is 4.37. The van der Waals surface area contributed by atoms with E-state index in [4.69, 9.17) is 16.3 Å². The van der Waals surface area contributed by atoms with Crippen LogP contribution in [-0.4, -0.2) is 18.9 Å². The summed E-state index contributed by atoms with van der Waals surface area (Å²) in [6.07, 6.45) is 0. The van der Waals surface area contributed by atoms with Crippen LogP contribution in [-0.2, 0) is 9.59 Å². The summed E-state index contributed by atoms with van der Waals surface area (Å²) in [6, 6.07) is 20.1. The second-order valence-corrected chi connectivity index (χ2v) is 8.67. The summed E-state index contributed by atoms with van der Waals surface area (Å²) in [6.45, 7) is 6.11. The molecule has 0 aliphatic carbocycles. The van der Waals surface area contributed by atoms with Crippen molar-refractivity contribution in [3.05, 3.63) is 94.1 Å². The van der Waals surface area contributed by atoms with Gasteiger partial charge in [0.2, 0.25) is 0 Å². The van der Waals surface area contributed by atoms with Crippen molar-refractivity contribution in [1.29, 1.82) is 0 Å². The van der Waals surface area contributed by atoms with Gasteiger partial charge in [-0.25, -0.2) is 4.90 Å². The van der Waals surface area contributed by atoms with Crippen LogP contribution >= 0.6 is 11.6 Å². The van der Waals surface area contributed by atoms with Crippen LogP contribution < -0.4 is 15.0 Å². The monoisotopic (exact) mass is 460 g/mol. The van der Waals surface area contributed by atoms with Crippen molar-refractivity contribution in [1.82, 2.24) is 0 Å². The highest BCUT2D eigenvalue weighted by Gasteiger charge is 2.40. The molecule has 3 aromatic carbocycles. The smallest absolute Gasteiger partial charge is 0.282 e. The highest BCUT2D eigenvalue weighted by molar-refractivity contribution is 6.46. The van der Waals surface area contributed by atoms with Crippen LogP contribution in [0.15, 0.2) is 72.4 Å². The van der Waals surface area contributed by atoms with Crippen LogP contribution in [0.4, 0.5) is 11.4 Å². The Hall–Kier alpha value is -3.57. The molecule has 6 heteroatoms. The zero-order valence-electron chi connectivity index (χ0n) is 19.0. The number of amides is 2. The summed E-state index contributed by atoms with van der Waals surface area (Å²) in [5.74, 6) is 0.215. The first-order valence-corrected chi connectivity index (χ1v) is 11.1. The molecule has 168 valence electrons. The molecular formula is C27H25ClN2O3. The number of nitrogens with one attached hydrogen (secondary N) is 1. The van der Waals surface area contributed by atoms with Gasteiger partial charge in [-0.3, -0.25) is 9.59 Å². The Balaban J connectivity index is 1.78. The first-order valence-electron chi connectivity index (χ1n) is 10.7. The van der Waals surface area contributed by atoms with E-state index in [0.29, 0.717) is 33.5 Å². The predicted molar refractivity (Wildman–Crippen MR) is 133 cm³/mol. The van der Waals surface area contributed by atoms with Gasteiger partial charge in [0.1, 0.15) is 11.4 Å². The van der Waals surface area contributed by atoms with Crippen molar-refractivity contribution >= 4 is 40.4 Å². The summed E-state index contributed by atoms with van der Waals surface area (Å²) in [5, 5.41) is 3.68. The van der Waals surface area contributed by atoms with E-state index in [1.165, 1.54) is 5.56 Å². The maximum atomic E-state index is 13.5. The predicted octanol–water partition coefficient (Wildman–Crippen LogP) is 6.18. The summed E-state index contributed by atoms with van der Waals surface area (Å²) in [7, 11) is 1.58. The molecule has 0 unspecified atom stereocenters. The molecular weight excluding hydrogens is 436 g/mol. The molecule has 1 aliphatic heterocycles. The minimum Gasteiger partial charge on any atom is -0.497 e.